The first-order chi connectivity index (χ1) is 14.1. The standard InChI is InChI=1S/C20H19F2N5O3/c1-9-4-7-14(30-3)10(2)16(9)27-17(23)15(18(24)28)26-19(27)20(29)25-13-6-5-11(21)8-12(13)22/h4-8H,23H2,1-3H3,(H2,24,28)(H,25,29). The van der Waals surface area contributed by atoms with Crippen LogP contribution in [0.25, 0.3) is 5.69 Å². The van der Waals surface area contributed by atoms with Crippen molar-refractivity contribution in [1.29, 1.82) is 0 Å². The molecule has 0 unspecified atom stereocenters. The minimum absolute atomic E-state index is 0.160. The van der Waals surface area contributed by atoms with E-state index in [1.807, 2.05) is 0 Å². The van der Waals surface area contributed by atoms with Crippen LogP contribution in [-0.4, -0.2) is 28.5 Å². The first kappa shape index (κ1) is 20.8. The molecule has 0 fully saturated rings. The van der Waals surface area contributed by atoms with Gasteiger partial charge >= 0.3 is 0 Å². The van der Waals surface area contributed by atoms with E-state index in [1.165, 1.54) is 11.7 Å². The van der Waals surface area contributed by atoms with E-state index in [4.69, 9.17) is 16.2 Å². The van der Waals surface area contributed by atoms with Crippen LogP contribution in [0.2, 0.25) is 0 Å². The average Bonchev–Trinajstić information content (AvgIpc) is 3.02. The van der Waals surface area contributed by atoms with Gasteiger partial charge in [0.05, 0.1) is 18.5 Å². The Kier molecular flexibility index (Phi) is 5.41. The van der Waals surface area contributed by atoms with Crippen LogP contribution >= 0.6 is 0 Å². The van der Waals surface area contributed by atoms with Gasteiger partial charge in [0.2, 0.25) is 5.82 Å². The number of hydrogen-bond acceptors (Lipinski definition) is 5. The molecule has 1 aromatic heterocycles. The lowest BCUT2D eigenvalue weighted by Gasteiger charge is -2.17. The Labute approximate surface area is 170 Å². The monoisotopic (exact) mass is 415 g/mol. The molecule has 156 valence electrons. The lowest BCUT2D eigenvalue weighted by Crippen LogP contribution is -2.20. The highest BCUT2D eigenvalue weighted by molar-refractivity contribution is 6.05. The van der Waals surface area contributed by atoms with E-state index >= 15 is 0 Å². The smallest absolute Gasteiger partial charge is 0.292 e. The van der Waals surface area contributed by atoms with Crippen LogP contribution in [-0.2, 0) is 0 Å². The Morgan fingerprint density at radius 2 is 1.87 bits per heavy atom. The predicted molar refractivity (Wildman–Crippen MR) is 107 cm³/mol. The summed E-state index contributed by atoms with van der Waals surface area (Å²) in [5.74, 6) is -3.53. The maximum Gasteiger partial charge on any atom is 0.292 e. The quantitative estimate of drug-likeness (QED) is 0.591. The summed E-state index contributed by atoms with van der Waals surface area (Å²) < 4.78 is 33.7. The van der Waals surface area contributed by atoms with Gasteiger partial charge in [-0.15, -0.1) is 0 Å². The summed E-state index contributed by atoms with van der Waals surface area (Å²) in [6, 6.07) is 6.17. The summed E-state index contributed by atoms with van der Waals surface area (Å²) in [4.78, 5) is 28.7. The van der Waals surface area contributed by atoms with Crippen molar-refractivity contribution < 1.29 is 23.1 Å². The van der Waals surface area contributed by atoms with Gasteiger partial charge in [-0.25, -0.2) is 13.8 Å². The number of ether oxygens (including phenoxy) is 1. The Balaban J connectivity index is 2.20. The number of nitrogen functional groups attached to an aromatic ring is 1. The van der Waals surface area contributed by atoms with E-state index in [1.54, 1.807) is 26.0 Å². The second-order valence-corrected chi connectivity index (χ2v) is 6.51. The number of amides is 2. The number of rotatable bonds is 5. The number of benzene rings is 2. The van der Waals surface area contributed by atoms with E-state index in [0.717, 1.165) is 12.1 Å². The minimum atomic E-state index is -0.974. The molecule has 0 spiro atoms. The van der Waals surface area contributed by atoms with Gasteiger partial charge in [0, 0.05) is 11.6 Å². The van der Waals surface area contributed by atoms with E-state index in [9.17, 15) is 18.4 Å². The van der Waals surface area contributed by atoms with Gasteiger partial charge in [0.15, 0.2) is 5.69 Å². The van der Waals surface area contributed by atoms with Crippen molar-refractivity contribution in [3.05, 3.63) is 64.6 Å². The van der Waals surface area contributed by atoms with Crippen LogP contribution in [0, 0.1) is 25.5 Å². The summed E-state index contributed by atoms with van der Waals surface area (Å²) in [6.45, 7) is 3.51. The molecule has 3 aromatic rings. The topological polar surface area (TPSA) is 125 Å². The molecule has 2 amide bonds. The summed E-state index contributed by atoms with van der Waals surface area (Å²) in [6.07, 6.45) is 0. The van der Waals surface area contributed by atoms with Crippen molar-refractivity contribution >= 4 is 23.3 Å². The zero-order chi connectivity index (χ0) is 22.2. The highest BCUT2D eigenvalue weighted by atomic mass is 19.1. The maximum atomic E-state index is 14.0. The van der Waals surface area contributed by atoms with E-state index in [2.05, 4.69) is 10.3 Å². The third kappa shape index (κ3) is 3.54. The highest BCUT2D eigenvalue weighted by Gasteiger charge is 2.27. The van der Waals surface area contributed by atoms with E-state index in [-0.39, 0.29) is 23.0 Å². The number of imidazole rings is 1. The zero-order valence-corrected chi connectivity index (χ0v) is 16.4. The van der Waals surface area contributed by atoms with Crippen molar-refractivity contribution in [1.82, 2.24) is 9.55 Å². The molecule has 0 aliphatic carbocycles. The summed E-state index contributed by atoms with van der Waals surface area (Å²) >= 11 is 0. The molecule has 0 saturated carbocycles. The fourth-order valence-electron chi connectivity index (χ4n) is 3.14. The van der Waals surface area contributed by atoms with Crippen molar-refractivity contribution in [2.45, 2.75) is 13.8 Å². The minimum Gasteiger partial charge on any atom is -0.496 e. The maximum absolute atomic E-state index is 14.0. The molecule has 5 N–H and O–H groups in total. The van der Waals surface area contributed by atoms with Crippen LogP contribution in [0.15, 0.2) is 30.3 Å². The van der Waals surface area contributed by atoms with Gasteiger partial charge in [-0.05, 0) is 37.6 Å². The molecule has 10 heteroatoms. The molecule has 1 heterocycles. The van der Waals surface area contributed by atoms with Gasteiger partial charge in [0.1, 0.15) is 23.2 Å². The van der Waals surface area contributed by atoms with Gasteiger partial charge in [0.25, 0.3) is 11.8 Å². The molecule has 3 rings (SSSR count). The lowest BCUT2D eigenvalue weighted by atomic mass is 10.1. The fraction of sp³-hybridized carbons (Fsp3) is 0.150. The molecule has 0 atom stereocenters. The number of halogens is 2. The molecular formula is C20H19F2N5O3. The van der Waals surface area contributed by atoms with Gasteiger partial charge in [-0.2, -0.15) is 0 Å². The largest absolute Gasteiger partial charge is 0.496 e. The number of carbonyl (C=O) groups is 2. The third-order valence-electron chi connectivity index (χ3n) is 4.56. The molecular weight excluding hydrogens is 396 g/mol. The van der Waals surface area contributed by atoms with Crippen molar-refractivity contribution in [3.8, 4) is 11.4 Å². The summed E-state index contributed by atoms with van der Waals surface area (Å²) in [5.41, 5.74) is 12.6. The van der Waals surface area contributed by atoms with Gasteiger partial charge < -0.3 is 21.5 Å². The highest BCUT2D eigenvalue weighted by Crippen LogP contribution is 2.32. The molecule has 8 nitrogen and oxygen atoms in total. The molecule has 2 aromatic carbocycles. The Hall–Kier alpha value is -3.95. The third-order valence-corrected chi connectivity index (χ3v) is 4.56. The number of methoxy groups -OCH3 is 1. The first-order valence-corrected chi connectivity index (χ1v) is 8.74. The number of nitrogens with one attached hydrogen (secondary N) is 1. The van der Waals surface area contributed by atoms with Crippen LogP contribution in [0.4, 0.5) is 20.3 Å². The predicted octanol–water partition coefficient (Wildman–Crippen LogP) is 2.71. The first-order valence-electron chi connectivity index (χ1n) is 8.74. The van der Waals surface area contributed by atoms with Crippen molar-refractivity contribution in [3.63, 3.8) is 0 Å². The summed E-state index contributed by atoms with van der Waals surface area (Å²) in [5, 5.41) is 2.31. The van der Waals surface area contributed by atoms with Crippen LogP contribution in [0.5, 0.6) is 5.75 Å². The van der Waals surface area contributed by atoms with Crippen LogP contribution in [0.1, 0.15) is 32.2 Å². The van der Waals surface area contributed by atoms with Gasteiger partial charge in [-0.3, -0.25) is 14.2 Å². The number of nitrogens with two attached hydrogens (primary N) is 2. The van der Waals surface area contributed by atoms with E-state index < -0.39 is 23.4 Å². The molecule has 0 saturated heterocycles. The second kappa shape index (κ2) is 7.82. The molecule has 0 aliphatic heterocycles. The number of aryl methyl sites for hydroxylation is 1. The second-order valence-electron chi connectivity index (χ2n) is 6.51. The van der Waals surface area contributed by atoms with Crippen molar-refractivity contribution in [2.24, 2.45) is 5.73 Å². The zero-order valence-electron chi connectivity index (χ0n) is 16.4. The van der Waals surface area contributed by atoms with E-state index in [0.29, 0.717) is 28.6 Å². The number of carbonyl (C=O) groups excluding carboxylic acids is 2. The molecule has 0 aliphatic rings. The van der Waals surface area contributed by atoms with Crippen molar-refractivity contribution in [2.75, 3.05) is 18.2 Å². The van der Waals surface area contributed by atoms with Gasteiger partial charge in [-0.1, -0.05) is 6.07 Å². The summed E-state index contributed by atoms with van der Waals surface area (Å²) in [7, 11) is 1.48. The number of aromatic nitrogens is 2. The Morgan fingerprint density at radius 3 is 2.47 bits per heavy atom. The number of primary amides is 1. The SMILES string of the molecule is COc1ccc(C)c(-n2c(C(=O)Nc3ccc(F)cc3F)nc(C(N)=O)c2N)c1C. The number of nitrogens with zero attached hydrogens (tertiary/aromatic N) is 2. The molecule has 30 heavy (non-hydrogen) atoms. The van der Waals surface area contributed by atoms with Crippen LogP contribution in [0.3, 0.4) is 0 Å². The Morgan fingerprint density at radius 1 is 1.17 bits per heavy atom. The normalized spacial score (nSPS) is 10.7. The fourth-order valence-corrected chi connectivity index (χ4v) is 3.14. The van der Waals surface area contributed by atoms with Crippen LogP contribution < -0.4 is 21.5 Å². The Bertz CT molecular complexity index is 1170. The number of hydrogen-bond donors (Lipinski definition) is 3. The number of anilines is 2. The lowest BCUT2D eigenvalue weighted by molar-refractivity contribution is 0.0997. The molecule has 0 bridgehead atoms. The average molecular weight is 415 g/mol. The molecule has 0 radical (unpaired) electrons.